The first kappa shape index (κ1) is 21.5. The molecule has 0 fully saturated rings. The number of halogens is 1. The van der Waals surface area contributed by atoms with Crippen LogP contribution in [0.5, 0.6) is 0 Å². The third kappa shape index (κ3) is 5.23. The summed E-state index contributed by atoms with van der Waals surface area (Å²) >= 11 is 0. The number of nitrogens with one attached hydrogen (secondary N) is 2. The van der Waals surface area contributed by atoms with Crippen LogP contribution in [0.4, 0.5) is 10.1 Å². The Bertz CT molecular complexity index is 715. The van der Waals surface area contributed by atoms with Crippen molar-refractivity contribution < 1.29 is 17.6 Å². The molecule has 0 aromatic heterocycles. The maximum absolute atomic E-state index is 14.1. The lowest BCUT2D eigenvalue weighted by atomic mass is 9.81. The van der Waals surface area contributed by atoms with Crippen LogP contribution in [-0.2, 0) is 14.8 Å². The number of nitrogens with two attached hydrogens (primary N) is 1. The van der Waals surface area contributed by atoms with Gasteiger partial charge >= 0.3 is 0 Å². The van der Waals surface area contributed by atoms with Crippen LogP contribution in [0, 0.1) is 11.2 Å². The predicted octanol–water partition coefficient (Wildman–Crippen LogP) is 2.61. The van der Waals surface area contributed by atoms with Gasteiger partial charge in [-0.1, -0.05) is 13.8 Å². The van der Waals surface area contributed by atoms with Crippen LogP contribution in [0.25, 0.3) is 0 Å². The lowest BCUT2D eigenvalue weighted by molar-refractivity contribution is -0.125. The number of carbonyl (C=O) groups is 1. The SMILES string of the molecule is CCC(CC)(CN)C(=O)Nc1ccc(F)c(S(=O)(=O)NC(C)(C)C)c1. The molecule has 0 unspecified atom stereocenters. The minimum atomic E-state index is -4.06. The highest BCUT2D eigenvalue weighted by molar-refractivity contribution is 7.89. The van der Waals surface area contributed by atoms with Crippen LogP contribution in [0.2, 0.25) is 0 Å². The summed E-state index contributed by atoms with van der Waals surface area (Å²) in [5.41, 5.74) is 4.46. The second-order valence-electron chi connectivity index (χ2n) is 7.15. The molecule has 25 heavy (non-hydrogen) atoms. The van der Waals surface area contributed by atoms with Crippen LogP contribution < -0.4 is 15.8 Å². The largest absolute Gasteiger partial charge is 0.329 e. The molecule has 0 aliphatic heterocycles. The standard InChI is InChI=1S/C17H28FN3O3S/c1-6-17(7-2,11-19)15(22)20-12-8-9-13(18)14(10-12)25(23,24)21-16(3,4)5/h8-10,21H,6-7,11,19H2,1-5H3,(H,20,22). The first-order valence-corrected chi connectivity index (χ1v) is 9.74. The zero-order valence-corrected chi connectivity index (χ0v) is 16.3. The van der Waals surface area contributed by atoms with Crippen molar-refractivity contribution in [3.8, 4) is 0 Å². The lowest BCUT2D eigenvalue weighted by Gasteiger charge is -2.28. The fraction of sp³-hybridized carbons (Fsp3) is 0.588. The molecule has 0 aliphatic rings. The van der Waals surface area contributed by atoms with Crippen molar-refractivity contribution in [2.75, 3.05) is 11.9 Å². The first-order chi connectivity index (χ1) is 11.4. The minimum Gasteiger partial charge on any atom is -0.329 e. The van der Waals surface area contributed by atoms with E-state index in [9.17, 15) is 17.6 Å². The van der Waals surface area contributed by atoms with Crippen LogP contribution >= 0.6 is 0 Å². The Kier molecular flexibility index (Phi) is 6.72. The van der Waals surface area contributed by atoms with E-state index in [2.05, 4.69) is 10.0 Å². The van der Waals surface area contributed by atoms with Crippen LogP contribution in [0.15, 0.2) is 23.1 Å². The summed E-state index contributed by atoms with van der Waals surface area (Å²) in [6, 6.07) is 3.47. The van der Waals surface area contributed by atoms with Crippen molar-refractivity contribution in [3.63, 3.8) is 0 Å². The Labute approximate surface area is 149 Å². The van der Waals surface area contributed by atoms with Crippen molar-refractivity contribution in [2.24, 2.45) is 11.1 Å². The second kappa shape index (κ2) is 7.80. The van der Waals surface area contributed by atoms with Gasteiger partial charge in [-0.25, -0.2) is 17.5 Å². The molecule has 4 N–H and O–H groups in total. The van der Waals surface area contributed by atoms with Gasteiger partial charge < -0.3 is 11.1 Å². The predicted molar refractivity (Wildman–Crippen MR) is 97.2 cm³/mol. The molecule has 0 radical (unpaired) electrons. The number of sulfonamides is 1. The Morgan fingerprint density at radius 1 is 1.20 bits per heavy atom. The van der Waals surface area contributed by atoms with Crippen molar-refractivity contribution in [3.05, 3.63) is 24.0 Å². The van der Waals surface area contributed by atoms with Crippen molar-refractivity contribution >= 4 is 21.6 Å². The van der Waals surface area contributed by atoms with Crippen molar-refractivity contribution in [2.45, 2.75) is 57.9 Å². The Hall–Kier alpha value is -1.51. The highest BCUT2D eigenvalue weighted by atomic mass is 32.2. The maximum atomic E-state index is 14.1. The van der Waals surface area contributed by atoms with Gasteiger partial charge in [-0.3, -0.25) is 4.79 Å². The number of benzene rings is 1. The van der Waals surface area contributed by atoms with Gasteiger partial charge in [0.2, 0.25) is 15.9 Å². The summed E-state index contributed by atoms with van der Waals surface area (Å²) < 4.78 is 41.2. The number of anilines is 1. The summed E-state index contributed by atoms with van der Waals surface area (Å²) in [6.45, 7) is 8.88. The van der Waals surface area contributed by atoms with E-state index in [4.69, 9.17) is 5.73 Å². The molecule has 8 heteroatoms. The van der Waals surface area contributed by atoms with E-state index in [1.165, 1.54) is 6.07 Å². The molecule has 0 atom stereocenters. The van der Waals surface area contributed by atoms with Gasteiger partial charge in [0, 0.05) is 17.8 Å². The summed E-state index contributed by atoms with van der Waals surface area (Å²) in [6.07, 6.45) is 1.09. The van der Waals surface area contributed by atoms with E-state index in [-0.39, 0.29) is 18.1 Å². The Morgan fingerprint density at radius 3 is 2.20 bits per heavy atom. The third-order valence-corrected chi connectivity index (χ3v) is 5.92. The van der Waals surface area contributed by atoms with Gasteiger partial charge in [0.15, 0.2) is 0 Å². The number of hydrogen-bond donors (Lipinski definition) is 3. The number of carbonyl (C=O) groups excluding carboxylic acids is 1. The monoisotopic (exact) mass is 373 g/mol. The van der Waals surface area contributed by atoms with Gasteiger partial charge in [-0.2, -0.15) is 0 Å². The summed E-state index contributed by atoms with van der Waals surface area (Å²) in [4.78, 5) is 12.0. The van der Waals surface area contributed by atoms with Gasteiger partial charge in [-0.05, 0) is 51.8 Å². The highest BCUT2D eigenvalue weighted by Gasteiger charge is 2.33. The Morgan fingerprint density at radius 2 is 1.76 bits per heavy atom. The van der Waals surface area contributed by atoms with Crippen molar-refractivity contribution in [1.29, 1.82) is 0 Å². The number of hydrogen-bond acceptors (Lipinski definition) is 4. The molecule has 0 aliphatic carbocycles. The van der Waals surface area contributed by atoms with Gasteiger partial charge in [0.1, 0.15) is 10.7 Å². The van der Waals surface area contributed by atoms with Crippen LogP contribution in [0.3, 0.4) is 0 Å². The maximum Gasteiger partial charge on any atom is 0.244 e. The Balaban J connectivity index is 3.20. The number of amides is 1. The molecule has 0 spiro atoms. The first-order valence-electron chi connectivity index (χ1n) is 8.26. The van der Waals surface area contributed by atoms with Crippen molar-refractivity contribution in [1.82, 2.24) is 4.72 Å². The highest BCUT2D eigenvalue weighted by Crippen LogP contribution is 2.28. The fourth-order valence-electron chi connectivity index (χ4n) is 2.46. The summed E-state index contributed by atoms with van der Waals surface area (Å²) in [7, 11) is -4.06. The lowest BCUT2D eigenvalue weighted by Crippen LogP contribution is -2.42. The zero-order chi connectivity index (χ0) is 19.5. The minimum absolute atomic E-state index is 0.170. The molecule has 6 nitrogen and oxygen atoms in total. The molecule has 1 rings (SSSR count). The average molecular weight is 373 g/mol. The molecule has 0 saturated carbocycles. The van der Waals surface area contributed by atoms with E-state index in [0.717, 1.165) is 12.1 Å². The van der Waals surface area contributed by atoms with Gasteiger partial charge in [0.25, 0.3) is 0 Å². The van der Waals surface area contributed by atoms with E-state index in [1.807, 2.05) is 13.8 Å². The molecular weight excluding hydrogens is 345 g/mol. The van der Waals surface area contributed by atoms with E-state index < -0.39 is 31.7 Å². The van der Waals surface area contributed by atoms with E-state index in [1.54, 1.807) is 20.8 Å². The molecule has 1 aromatic carbocycles. The topological polar surface area (TPSA) is 101 Å². The average Bonchev–Trinajstić information content (AvgIpc) is 2.49. The quantitative estimate of drug-likeness (QED) is 0.684. The van der Waals surface area contributed by atoms with E-state index in [0.29, 0.717) is 12.8 Å². The van der Waals surface area contributed by atoms with Crippen LogP contribution in [-0.4, -0.2) is 26.4 Å². The smallest absolute Gasteiger partial charge is 0.244 e. The zero-order valence-electron chi connectivity index (χ0n) is 15.4. The molecular formula is C17H28FN3O3S. The molecule has 0 heterocycles. The number of rotatable bonds is 7. The third-order valence-electron chi connectivity index (χ3n) is 4.15. The van der Waals surface area contributed by atoms with Crippen LogP contribution in [0.1, 0.15) is 47.5 Å². The normalized spacial score (nSPS) is 12.9. The van der Waals surface area contributed by atoms with Gasteiger partial charge in [0.05, 0.1) is 5.41 Å². The molecule has 1 aromatic rings. The molecule has 0 saturated heterocycles. The fourth-order valence-corrected chi connectivity index (χ4v) is 3.98. The summed E-state index contributed by atoms with van der Waals surface area (Å²) in [5.74, 6) is -1.19. The van der Waals surface area contributed by atoms with E-state index >= 15 is 0 Å². The molecule has 142 valence electrons. The molecule has 1 amide bonds. The molecule has 0 bridgehead atoms. The second-order valence-corrected chi connectivity index (χ2v) is 8.80. The van der Waals surface area contributed by atoms with Gasteiger partial charge in [-0.15, -0.1) is 0 Å². The summed E-state index contributed by atoms with van der Waals surface area (Å²) in [5, 5.41) is 2.66.